The van der Waals surface area contributed by atoms with E-state index in [1.165, 1.54) is 18.7 Å². The van der Waals surface area contributed by atoms with Crippen LogP contribution in [-0.4, -0.2) is 46.2 Å². The van der Waals surface area contributed by atoms with Crippen LogP contribution in [0.5, 0.6) is 11.5 Å². The van der Waals surface area contributed by atoms with Crippen molar-refractivity contribution in [1.82, 2.24) is 14.5 Å². The Bertz CT molecular complexity index is 822. The van der Waals surface area contributed by atoms with Gasteiger partial charge >= 0.3 is 0 Å². The van der Waals surface area contributed by atoms with Gasteiger partial charge in [-0.05, 0) is 43.7 Å². The Morgan fingerprint density at radius 2 is 1.89 bits per heavy atom. The van der Waals surface area contributed by atoms with Crippen LogP contribution >= 0.6 is 0 Å². The predicted molar refractivity (Wildman–Crippen MR) is 99.9 cm³/mol. The number of aromatic nitrogens is 2. The van der Waals surface area contributed by atoms with Crippen molar-refractivity contribution < 1.29 is 14.3 Å². The van der Waals surface area contributed by atoms with Crippen LogP contribution in [0.25, 0.3) is 0 Å². The third kappa shape index (κ3) is 3.40. The van der Waals surface area contributed by atoms with Gasteiger partial charge in [0.15, 0.2) is 11.5 Å². The summed E-state index contributed by atoms with van der Waals surface area (Å²) in [6.45, 7) is 2.88. The summed E-state index contributed by atoms with van der Waals surface area (Å²) in [6, 6.07) is 7.51. The third-order valence-electron chi connectivity index (χ3n) is 5.86. The number of rotatable bonds is 4. The van der Waals surface area contributed by atoms with Crippen molar-refractivity contribution in [3.8, 4) is 11.5 Å². The molecule has 0 bridgehead atoms. The molecule has 0 radical (unpaired) electrons. The van der Waals surface area contributed by atoms with E-state index in [1.54, 1.807) is 0 Å². The Morgan fingerprint density at radius 3 is 2.67 bits per heavy atom. The molecule has 2 fully saturated rings. The van der Waals surface area contributed by atoms with Gasteiger partial charge in [0.05, 0.1) is 0 Å². The number of carbonyl (C=O) groups excluding carboxylic acids is 1. The van der Waals surface area contributed by atoms with Gasteiger partial charge in [-0.2, -0.15) is 0 Å². The molecule has 1 amide bonds. The molecule has 1 aromatic carbocycles. The van der Waals surface area contributed by atoms with Gasteiger partial charge in [0.1, 0.15) is 12.4 Å². The average molecular weight is 367 g/mol. The number of carbonyl (C=O) groups is 1. The lowest BCUT2D eigenvalue weighted by atomic mass is 9.95. The molecule has 0 N–H and O–H groups in total. The van der Waals surface area contributed by atoms with Crippen LogP contribution in [0.1, 0.15) is 37.4 Å². The highest BCUT2D eigenvalue weighted by molar-refractivity contribution is 5.82. The van der Waals surface area contributed by atoms with E-state index < -0.39 is 6.10 Å². The van der Waals surface area contributed by atoms with E-state index in [0.717, 1.165) is 38.4 Å². The summed E-state index contributed by atoms with van der Waals surface area (Å²) in [6.07, 6.45) is 8.08. The molecular weight excluding hydrogens is 342 g/mol. The largest absolute Gasteiger partial charge is 0.485 e. The summed E-state index contributed by atoms with van der Waals surface area (Å²) in [5.41, 5.74) is 0. The number of nitrogens with zero attached hydrogens (tertiary/aromatic N) is 3. The minimum absolute atomic E-state index is 0.0317. The molecule has 5 rings (SSSR count). The summed E-state index contributed by atoms with van der Waals surface area (Å²) >= 11 is 0. The lowest BCUT2D eigenvalue weighted by Crippen LogP contribution is -2.49. The number of imidazole rings is 1. The quantitative estimate of drug-likeness (QED) is 0.834. The molecule has 6 heteroatoms. The van der Waals surface area contributed by atoms with Gasteiger partial charge in [-0.15, -0.1) is 0 Å². The van der Waals surface area contributed by atoms with Crippen molar-refractivity contribution in [3.63, 3.8) is 0 Å². The molecule has 1 aromatic heterocycles. The lowest BCUT2D eigenvalue weighted by molar-refractivity contribution is -0.142. The second-order valence-corrected chi connectivity index (χ2v) is 7.84. The van der Waals surface area contributed by atoms with E-state index in [2.05, 4.69) is 15.7 Å². The Balaban J connectivity index is 1.19. The molecular formula is C21H25N3O3. The summed E-state index contributed by atoms with van der Waals surface area (Å²) in [5.74, 6) is 3.87. The van der Waals surface area contributed by atoms with E-state index in [4.69, 9.17) is 9.47 Å². The molecule has 0 unspecified atom stereocenters. The number of benzene rings is 1. The van der Waals surface area contributed by atoms with Gasteiger partial charge in [-0.1, -0.05) is 12.1 Å². The minimum atomic E-state index is -0.548. The van der Waals surface area contributed by atoms with Crippen LogP contribution in [0, 0.1) is 5.92 Å². The fourth-order valence-electron chi connectivity index (χ4n) is 4.12. The standard InChI is InChI=1S/C21H25N3O3/c25-21(19-14-26-17-3-1-2-4-18(17)27-19)23-10-7-16(8-11-23)20-22-9-12-24(20)13-15-5-6-15/h1-4,9,12,15-16,19H,5-8,10-11,13-14H2/t19-/m0/s1. The zero-order valence-corrected chi connectivity index (χ0v) is 15.4. The molecule has 1 saturated carbocycles. The first-order chi connectivity index (χ1) is 13.3. The highest BCUT2D eigenvalue weighted by Gasteiger charge is 2.34. The second kappa shape index (κ2) is 6.91. The smallest absolute Gasteiger partial charge is 0.267 e. The number of fused-ring (bicyclic) bond motifs is 1. The summed E-state index contributed by atoms with van der Waals surface area (Å²) < 4.78 is 13.9. The molecule has 142 valence electrons. The molecule has 6 nitrogen and oxygen atoms in total. The van der Waals surface area contributed by atoms with Crippen molar-refractivity contribution in [2.45, 2.75) is 44.2 Å². The van der Waals surface area contributed by atoms with Gasteiger partial charge in [0.2, 0.25) is 6.10 Å². The Morgan fingerprint density at radius 1 is 1.11 bits per heavy atom. The maximum atomic E-state index is 12.9. The van der Waals surface area contributed by atoms with Gasteiger partial charge in [-0.3, -0.25) is 4.79 Å². The fourth-order valence-corrected chi connectivity index (χ4v) is 4.12. The number of para-hydroxylation sites is 2. The number of hydrogen-bond acceptors (Lipinski definition) is 4. The van der Waals surface area contributed by atoms with Crippen LogP contribution in [0.15, 0.2) is 36.7 Å². The molecule has 1 aliphatic carbocycles. The Labute approximate surface area is 159 Å². The van der Waals surface area contributed by atoms with Crippen molar-refractivity contribution >= 4 is 5.91 Å². The van der Waals surface area contributed by atoms with E-state index in [1.807, 2.05) is 35.4 Å². The number of ether oxygens (including phenoxy) is 2. The number of likely N-dealkylation sites (tertiary alicyclic amines) is 1. The number of hydrogen-bond donors (Lipinski definition) is 0. The zero-order valence-electron chi connectivity index (χ0n) is 15.4. The normalized spacial score (nSPS) is 22.7. The van der Waals surface area contributed by atoms with Gasteiger partial charge in [-0.25, -0.2) is 4.98 Å². The third-order valence-corrected chi connectivity index (χ3v) is 5.86. The van der Waals surface area contributed by atoms with Crippen molar-refractivity contribution in [1.29, 1.82) is 0 Å². The maximum Gasteiger partial charge on any atom is 0.267 e. The van der Waals surface area contributed by atoms with E-state index in [-0.39, 0.29) is 12.5 Å². The molecule has 1 atom stereocenters. The van der Waals surface area contributed by atoms with Crippen molar-refractivity contribution in [2.75, 3.05) is 19.7 Å². The van der Waals surface area contributed by atoms with Crippen molar-refractivity contribution in [3.05, 3.63) is 42.5 Å². The molecule has 2 aromatic rings. The first-order valence-electron chi connectivity index (χ1n) is 9.96. The van der Waals surface area contributed by atoms with Crippen LogP contribution in [0.3, 0.4) is 0 Å². The van der Waals surface area contributed by atoms with Crippen LogP contribution < -0.4 is 9.47 Å². The molecule has 0 spiro atoms. The minimum Gasteiger partial charge on any atom is -0.485 e. The summed E-state index contributed by atoms with van der Waals surface area (Å²) in [7, 11) is 0. The first kappa shape index (κ1) is 16.7. The van der Waals surface area contributed by atoms with Crippen LogP contribution in [0.4, 0.5) is 0 Å². The zero-order chi connectivity index (χ0) is 18.2. The lowest BCUT2D eigenvalue weighted by Gasteiger charge is -2.35. The second-order valence-electron chi connectivity index (χ2n) is 7.84. The number of amides is 1. The SMILES string of the molecule is O=C([C@@H]1COc2ccccc2O1)N1CCC(c2nccn2CC2CC2)CC1. The molecule has 3 aliphatic rings. The van der Waals surface area contributed by atoms with E-state index in [0.29, 0.717) is 17.4 Å². The number of piperidine rings is 1. The van der Waals surface area contributed by atoms with Gasteiger partial charge < -0.3 is 18.9 Å². The Kier molecular flexibility index (Phi) is 4.26. The van der Waals surface area contributed by atoms with E-state index >= 15 is 0 Å². The Hall–Kier alpha value is -2.50. The summed E-state index contributed by atoms with van der Waals surface area (Å²) in [4.78, 5) is 19.4. The molecule has 1 saturated heterocycles. The monoisotopic (exact) mass is 367 g/mol. The van der Waals surface area contributed by atoms with Crippen molar-refractivity contribution in [2.24, 2.45) is 5.92 Å². The average Bonchev–Trinajstić information content (AvgIpc) is 3.42. The summed E-state index contributed by atoms with van der Waals surface area (Å²) in [5, 5.41) is 0. The van der Waals surface area contributed by atoms with E-state index in [9.17, 15) is 4.79 Å². The molecule has 27 heavy (non-hydrogen) atoms. The van der Waals surface area contributed by atoms with Crippen LogP contribution in [-0.2, 0) is 11.3 Å². The maximum absolute atomic E-state index is 12.9. The fraction of sp³-hybridized carbons (Fsp3) is 0.524. The molecule has 2 aliphatic heterocycles. The first-order valence-corrected chi connectivity index (χ1v) is 9.96. The highest BCUT2D eigenvalue weighted by Crippen LogP contribution is 2.34. The van der Waals surface area contributed by atoms with Gasteiger partial charge in [0, 0.05) is 37.9 Å². The van der Waals surface area contributed by atoms with Gasteiger partial charge in [0.25, 0.3) is 5.91 Å². The predicted octanol–water partition coefficient (Wildman–Crippen LogP) is 2.84. The molecule has 3 heterocycles. The van der Waals surface area contributed by atoms with Crippen LogP contribution in [0.2, 0.25) is 0 Å². The topological polar surface area (TPSA) is 56.6 Å². The highest BCUT2D eigenvalue weighted by atomic mass is 16.6.